The largest absolute Gasteiger partial charge is 0.394 e. The number of carbonyl (C=O) groups is 2. The van der Waals surface area contributed by atoms with Crippen LogP contribution < -0.4 is 0 Å². The van der Waals surface area contributed by atoms with Crippen LogP contribution in [-0.2, 0) is 17.0 Å². The number of fused-ring (bicyclic) bond motifs is 1. The molecule has 1 aliphatic heterocycles. The first-order chi connectivity index (χ1) is 15.4. The number of aromatic nitrogens is 1. The minimum atomic E-state index is -1.34. The van der Waals surface area contributed by atoms with Gasteiger partial charge in [-0.1, -0.05) is 47.5 Å². The number of rotatable bonds is 7. The molecule has 1 aromatic heterocycles. The minimum Gasteiger partial charge on any atom is -0.394 e. The molecule has 0 aliphatic carbocycles. The Bertz CT molecular complexity index is 1170. The van der Waals surface area contributed by atoms with Crippen LogP contribution in [-0.4, -0.2) is 39.9 Å². The molecule has 32 heavy (non-hydrogen) atoms. The molecule has 1 atom stereocenters. The highest BCUT2D eigenvalue weighted by atomic mass is 35.5. The Hall–Kier alpha value is -2.77. The zero-order valence-electron chi connectivity index (χ0n) is 17.2. The SMILES string of the molecule is CC(=O)c1ccc2c(c1)C(=O)N(Cc1ccc(Cl)cn1)C2(OCCO)c1ccc(Cl)cc1. The van der Waals surface area contributed by atoms with Crippen LogP contribution >= 0.6 is 23.2 Å². The van der Waals surface area contributed by atoms with Crippen molar-refractivity contribution < 1.29 is 19.4 Å². The van der Waals surface area contributed by atoms with Gasteiger partial charge in [0.2, 0.25) is 0 Å². The number of carbonyl (C=O) groups excluding carboxylic acids is 2. The average Bonchev–Trinajstić information content (AvgIpc) is 3.02. The maximum Gasteiger partial charge on any atom is 0.257 e. The molecular formula is C24H20Cl2N2O4. The van der Waals surface area contributed by atoms with E-state index in [-0.39, 0.29) is 31.4 Å². The molecule has 0 spiro atoms. The number of ketones is 1. The first-order valence-electron chi connectivity index (χ1n) is 9.95. The molecule has 0 bridgehead atoms. The zero-order chi connectivity index (χ0) is 22.9. The number of nitrogens with zero attached hydrogens (tertiary/aromatic N) is 2. The van der Waals surface area contributed by atoms with Crippen LogP contribution in [0.15, 0.2) is 60.8 Å². The van der Waals surface area contributed by atoms with E-state index in [2.05, 4.69) is 4.98 Å². The summed E-state index contributed by atoms with van der Waals surface area (Å²) < 4.78 is 6.24. The number of halogens is 2. The van der Waals surface area contributed by atoms with Crippen LogP contribution in [0, 0.1) is 0 Å². The topological polar surface area (TPSA) is 79.7 Å². The molecule has 2 aromatic carbocycles. The molecule has 0 radical (unpaired) electrons. The van der Waals surface area contributed by atoms with Crippen molar-refractivity contribution in [3.8, 4) is 0 Å². The Kier molecular flexibility index (Phi) is 6.31. The summed E-state index contributed by atoms with van der Waals surface area (Å²) in [7, 11) is 0. The van der Waals surface area contributed by atoms with Crippen LogP contribution in [0.3, 0.4) is 0 Å². The normalized spacial score (nSPS) is 17.5. The lowest BCUT2D eigenvalue weighted by molar-refractivity contribution is -0.119. The van der Waals surface area contributed by atoms with Gasteiger partial charge in [0.1, 0.15) is 0 Å². The Balaban J connectivity index is 1.93. The summed E-state index contributed by atoms with van der Waals surface area (Å²) in [6.45, 7) is 1.31. The smallest absolute Gasteiger partial charge is 0.257 e. The zero-order valence-corrected chi connectivity index (χ0v) is 18.7. The van der Waals surface area contributed by atoms with Crippen molar-refractivity contribution >= 4 is 34.9 Å². The molecule has 1 aliphatic rings. The third-order valence-electron chi connectivity index (χ3n) is 5.39. The molecule has 0 fully saturated rings. The van der Waals surface area contributed by atoms with E-state index >= 15 is 0 Å². The van der Waals surface area contributed by atoms with Crippen LogP contribution in [0.5, 0.6) is 0 Å². The molecule has 0 saturated heterocycles. The number of benzene rings is 2. The van der Waals surface area contributed by atoms with E-state index < -0.39 is 5.72 Å². The lowest BCUT2D eigenvalue weighted by Crippen LogP contribution is -2.47. The van der Waals surface area contributed by atoms with Gasteiger partial charge in [0, 0.05) is 33.5 Å². The number of pyridine rings is 1. The van der Waals surface area contributed by atoms with Gasteiger partial charge < -0.3 is 9.84 Å². The molecule has 8 heteroatoms. The number of hydrogen-bond acceptors (Lipinski definition) is 5. The van der Waals surface area contributed by atoms with Crippen molar-refractivity contribution in [1.82, 2.24) is 9.88 Å². The second-order valence-corrected chi connectivity index (χ2v) is 8.27. The van der Waals surface area contributed by atoms with Gasteiger partial charge in [0.15, 0.2) is 11.5 Å². The maximum absolute atomic E-state index is 13.7. The van der Waals surface area contributed by atoms with Gasteiger partial charge in [-0.25, -0.2) is 0 Å². The molecule has 0 saturated carbocycles. The Morgan fingerprint density at radius 3 is 2.44 bits per heavy atom. The van der Waals surface area contributed by atoms with Crippen LogP contribution in [0.25, 0.3) is 0 Å². The summed E-state index contributed by atoms with van der Waals surface area (Å²) in [6, 6.07) is 15.4. The van der Waals surface area contributed by atoms with E-state index in [4.69, 9.17) is 27.9 Å². The molecule has 1 N–H and O–H groups in total. The minimum absolute atomic E-state index is 0.0195. The molecule has 164 valence electrons. The molecule has 2 heterocycles. The predicted molar refractivity (Wildman–Crippen MR) is 121 cm³/mol. The van der Waals surface area contributed by atoms with E-state index in [1.54, 1.807) is 59.5 Å². The summed E-state index contributed by atoms with van der Waals surface area (Å²) in [5.41, 5.74) is 1.30. The number of hydrogen-bond donors (Lipinski definition) is 1. The summed E-state index contributed by atoms with van der Waals surface area (Å²) in [4.78, 5) is 31.5. The average molecular weight is 471 g/mol. The number of aliphatic hydroxyl groups excluding tert-OH is 1. The van der Waals surface area contributed by atoms with Crippen LogP contribution in [0.4, 0.5) is 0 Å². The van der Waals surface area contributed by atoms with Gasteiger partial charge in [-0.3, -0.25) is 19.5 Å². The molecule has 4 rings (SSSR count). The fourth-order valence-corrected chi connectivity index (χ4v) is 4.17. The van der Waals surface area contributed by atoms with Crippen molar-refractivity contribution in [1.29, 1.82) is 0 Å². The van der Waals surface area contributed by atoms with Gasteiger partial charge in [0.25, 0.3) is 5.91 Å². The highest BCUT2D eigenvalue weighted by molar-refractivity contribution is 6.30. The van der Waals surface area contributed by atoms with Crippen molar-refractivity contribution in [3.63, 3.8) is 0 Å². The second kappa shape index (κ2) is 9.00. The molecule has 6 nitrogen and oxygen atoms in total. The van der Waals surface area contributed by atoms with Crippen molar-refractivity contribution in [2.75, 3.05) is 13.2 Å². The highest BCUT2D eigenvalue weighted by Gasteiger charge is 2.52. The molecule has 1 unspecified atom stereocenters. The van der Waals surface area contributed by atoms with Gasteiger partial charge in [-0.2, -0.15) is 0 Å². The third-order valence-corrected chi connectivity index (χ3v) is 5.87. The standard InChI is InChI=1S/C24H20Cl2N2O4/c1-15(30)16-2-9-22-21(12-16)23(31)28(14-20-8-7-19(26)13-27-20)24(22,32-11-10-29)17-3-5-18(25)6-4-17/h2-9,12-13,29H,10-11,14H2,1H3. The second-order valence-electron chi connectivity index (χ2n) is 7.40. The summed E-state index contributed by atoms with van der Waals surface area (Å²) in [5.74, 6) is -0.459. The van der Waals surface area contributed by atoms with E-state index in [0.717, 1.165) is 0 Å². The van der Waals surface area contributed by atoms with Crippen LogP contribution in [0.1, 0.15) is 44.5 Å². The number of amides is 1. The van der Waals surface area contributed by atoms with Crippen LogP contribution in [0.2, 0.25) is 10.0 Å². The van der Waals surface area contributed by atoms with Gasteiger partial charge in [-0.05, 0) is 37.3 Å². The summed E-state index contributed by atoms with van der Waals surface area (Å²) in [5, 5.41) is 10.6. The summed E-state index contributed by atoms with van der Waals surface area (Å²) >= 11 is 12.1. The van der Waals surface area contributed by atoms with E-state index in [9.17, 15) is 14.7 Å². The van der Waals surface area contributed by atoms with E-state index in [0.29, 0.717) is 38.0 Å². The van der Waals surface area contributed by atoms with Gasteiger partial charge >= 0.3 is 0 Å². The van der Waals surface area contributed by atoms with E-state index in [1.807, 2.05) is 0 Å². The Morgan fingerprint density at radius 2 is 1.81 bits per heavy atom. The van der Waals surface area contributed by atoms with Gasteiger partial charge in [0.05, 0.1) is 30.5 Å². The Labute approximate surface area is 195 Å². The number of Topliss-reactive ketones (excluding diaryl/α,β-unsaturated/α-hetero) is 1. The first kappa shape index (κ1) is 22.4. The lowest BCUT2D eigenvalue weighted by Gasteiger charge is -2.39. The highest BCUT2D eigenvalue weighted by Crippen LogP contribution is 2.46. The molecular weight excluding hydrogens is 451 g/mol. The van der Waals surface area contributed by atoms with E-state index in [1.165, 1.54) is 13.1 Å². The monoisotopic (exact) mass is 470 g/mol. The fraction of sp³-hybridized carbons (Fsp3) is 0.208. The maximum atomic E-state index is 13.7. The predicted octanol–water partition coefficient (Wildman–Crippen LogP) is 4.46. The van der Waals surface area contributed by atoms with Crippen molar-refractivity contribution in [3.05, 3.63) is 98.8 Å². The number of ether oxygens (including phenoxy) is 1. The lowest BCUT2D eigenvalue weighted by atomic mass is 9.92. The van der Waals surface area contributed by atoms with Gasteiger partial charge in [-0.15, -0.1) is 0 Å². The summed E-state index contributed by atoms with van der Waals surface area (Å²) in [6.07, 6.45) is 1.51. The third kappa shape index (κ3) is 3.91. The van der Waals surface area contributed by atoms with Crippen molar-refractivity contribution in [2.45, 2.75) is 19.2 Å². The quantitative estimate of drug-likeness (QED) is 0.515. The Morgan fingerprint density at radius 1 is 1.09 bits per heavy atom. The van der Waals surface area contributed by atoms with Crippen molar-refractivity contribution in [2.24, 2.45) is 0 Å². The fourth-order valence-electron chi connectivity index (χ4n) is 3.93. The number of aliphatic hydroxyl groups is 1. The molecule has 1 amide bonds. The first-order valence-corrected chi connectivity index (χ1v) is 10.7. The molecule has 3 aromatic rings.